The zero-order chi connectivity index (χ0) is 31.6. The molecule has 3 aliphatic rings. The number of hydrogen-bond donors (Lipinski definition) is 1. The van der Waals surface area contributed by atoms with Gasteiger partial charge in [-0.1, -0.05) is 6.92 Å². The number of piperazine rings is 1. The maximum Gasteiger partial charge on any atom is 0.453 e. The monoisotopic (exact) mass is 681 g/mol. The quantitative estimate of drug-likeness (QED) is 0.464. The van der Waals surface area contributed by atoms with Crippen LogP contribution in [0.2, 0.25) is 0 Å². The summed E-state index contributed by atoms with van der Waals surface area (Å²) in [6.45, 7) is 7.90. The molecule has 0 bridgehead atoms. The molecule has 2 saturated carbocycles. The number of hydrogen-bond acceptors (Lipinski definition) is 7. The largest absolute Gasteiger partial charge is 0.453 e. The third-order valence-electron chi connectivity index (χ3n) is 8.31. The number of fused-ring (bicyclic) bond motifs is 2. The van der Waals surface area contributed by atoms with Gasteiger partial charge in [-0.05, 0) is 67.8 Å². The number of ether oxygens (including phenoxy) is 1. The first-order chi connectivity index (χ1) is 19.9. The normalized spacial score (nSPS) is 24.3. The van der Waals surface area contributed by atoms with E-state index in [4.69, 9.17) is 4.74 Å². The van der Waals surface area contributed by atoms with Gasteiger partial charge in [-0.25, -0.2) is 4.79 Å². The first kappa shape index (κ1) is 31.4. The second kappa shape index (κ2) is 10.9. The molecule has 3 heterocycles. The van der Waals surface area contributed by atoms with E-state index in [-0.39, 0.29) is 42.3 Å². The molecule has 2 unspecified atom stereocenters. The van der Waals surface area contributed by atoms with Crippen LogP contribution in [0.1, 0.15) is 46.2 Å². The van der Waals surface area contributed by atoms with Gasteiger partial charge in [0, 0.05) is 38.1 Å². The summed E-state index contributed by atoms with van der Waals surface area (Å²) in [5.41, 5.74) is -0.392. The molecule has 1 aliphatic heterocycles. The Bertz CT molecular complexity index is 1480. The number of alkyl halides is 5. The van der Waals surface area contributed by atoms with Crippen molar-refractivity contribution in [1.82, 2.24) is 29.4 Å². The van der Waals surface area contributed by atoms with E-state index in [1.165, 1.54) is 4.57 Å². The molecular formula is C26H33BrF5N7O4. The standard InChI is InChI=1S/C26H33BrF5N7O4/c1-5-17-19(36-6-8-37(9-7-36)23(42)43-24(2,3)4)20(41)39-22(34-21(27)35-39)38(17)12-18(40)33-16-11-15(13-10-14(13)16)25(28,29)26(30,31)32/h13-16H,5-12H2,1-4H3,(H,33,40)/t13?,14?,15-,16+/m0/s1. The van der Waals surface area contributed by atoms with Gasteiger partial charge in [-0.2, -0.15) is 31.5 Å². The van der Waals surface area contributed by atoms with Crippen LogP contribution in [0.15, 0.2) is 9.53 Å². The van der Waals surface area contributed by atoms with Crippen LogP contribution in [-0.2, 0) is 22.5 Å². The number of rotatable bonds is 6. The Labute approximate surface area is 251 Å². The molecule has 0 radical (unpaired) electrons. The van der Waals surface area contributed by atoms with Crippen molar-refractivity contribution in [1.29, 1.82) is 0 Å². The molecule has 2 amide bonds. The van der Waals surface area contributed by atoms with Crippen LogP contribution in [0.5, 0.6) is 0 Å². The minimum absolute atomic E-state index is 0.0669. The van der Waals surface area contributed by atoms with E-state index in [9.17, 15) is 36.3 Å². The second-order valence-corrected chi connectivity index (χ2v) is 13.0. The summed E-state index contributed by atoms with van der Waals surface area (Å²) < 4.78 is 75.4. The van der Waals surface area contributed by atoms with Crippen molar-refractivity contribution in [3.63, 3.8) is 0 Å². The lowest BCUT2D eigenvalue weighted by molar-refractivity contribution is -0.304. The fourth-order valence-electron chi connectivity index (χ4n) is 6.32. The molecule has 0 spiro atoms. The molecule has 2 aromatic rings. The van der Waals surface area contributed by atoms with E-state index in [1.54, 1.807) is 37.5 Å². The predicted molar refractivity (Wildman–Crippen MR) is 147 cm³/mol. The molecule has 3 fully saturated rings. The second-order valence-electron chi connectivity index (χ2n) is 12.3. The zero-order valence-electron chi connectivity index (χ0n) is 24.1. The summed E-state index contributed by atoms with van der Waals surface area (Å²) in [4.78, 5) is 47.0. The Morgan fingerprint density at radius 2 is 1.70 bits per heavy atom. The number of carbonyl (C=O) groups excluding carboxylic acids is 2. The summed E-state index contributed by atoms with van der Waals surface area (Å²) in [7, 11) is 0. The van der Waals surface area contributed by atoms with Crippen LogP contribution in [0.25, 0.3) is 5.78 Å². The first-order valence-electron chi connectivity index (χ1n) is 14.1. The number of nitrogens with one attached hydrogen (secondary N) is 1. The van der Waals surface area contributed by atoms with E-state index >= 15 is 0 Å². The van der Waals surface area contributed by atoms with Gasteiger partial charge in [0.25, 0.3) is 5.56 Å². The van der Waals surface area contributed by atoms with Crippen molar-refractivity contribution in [3.8, 4) is 0 Å². The van der Waals surface area contributed by atoms with Gasteiger partial charge in [-0.3, -0.25) is 9.59 Å². The van der Waals surface area contributed by atoms with Gasteiger partial charge in [-0.15, -0.1) is 5.10 Å². The summed E-state index contributed by atoms with van der Waals surface area (Å²) in [5.74, 6) is -8.50. The molecule has 11 nitrogen and oxygen atoms in total. The molecule has 238 valence electrons. The summed E-state index contributed by atoms with van der Waals surface area (Å²) in [6, 6.07) is -0.818. The Hall–Kier alpha value is -2.98. The first-order valence-corrected chi connectivity index (χ1v) is 14.9. The maximum atomic E-state index is 14.1. The minimum Gasteiger partial charge on any atom is -0.444 e. The maximum absolute atomic E-state index is 14.1. The van der Waals surface area contributed by atoms with E-state index in [2.05, 4.69) is 31.3 Å². The molecule has 2 aromatic heterocycles. The third kappa shape index (κ3) is 5.92. The van der Waals surface area contributed by atoms with Crippen LogP contribution in [0, 0.1) is 17.8 Å². The van der Waals surface area contributed by atoms with Crippen LogP contribution in [0.3, 0.4) is 0 Å². The lowest BCUT2D eigenvalue weighted by atomic mass is 9.94. The molecule has 2 aliphatic carbocycles. The van der Waals surface area contributed by atoms with Gasteiger partial charge < -0.3 is 24.4 Å². The molecular weight excluding hydrogens is 649 g/mol. The molecule has 1 N–H and O–H groups in total. The minimum atomic E-state index is -5.66. The highest BCUT2D eigenvalue weighted by Crippen LogP contribution is 2.62. The molecule has 5 rings (SSSR count). The van der Waals surface area contributed by atoms with Crippen LogP contribution < -0.4 is 15.8 Å². The number of anilines is 1. The number of halogens is 6. The average Bonchev–Trinajstić information content (AvgIpc) is 3.46. The van der Waals surface area contributed by atoms with Crippen LogP contribution in [0.4, 0.5) is 32.4 Å². The highest BCUT2D eigenvalue weighted by Gasteiger charge is 2.71. The molecule has 0 aromatic carbocycles. The summed E-state index contributed by atoms with van der Waals surface area (Å²) in [5, 5.41) is 6.80. The van der Waals surface area contributed by atoms with E-state index in [1.807, 2.05) is 0 Å². The van der Waals surface area contributed by atoms with E-state index in [0.717, 1.165) is 4.52 Å². The Kier molecular flexibility index (Phi) is 7.95. The highest BCUT2D eigenvalue weighted by molar-refractivity contribution is 9.10. The molecule has 17 heteroatoms. The Morgan fingerprint density at radius 3 is 2.28 bits per heavy atom. The van der Waals surface area contributed by atoms with Crippen molar-refractivity contribution < 1.29 is 36.3 Å². The summed E-state index contributed by atoms with van der Waals surface area (Å²) >= 11 is 3.17. The number of carbonyl (C=O) groups is 2. The van der Waals surface area contributed by atoms with Crippen molar-refractivity contribution in [3.05, 3.63) is 20.8 Å². The lowest BCUT2D eigenvalue weighted by Gasteiger charge is -2.37. The predicted octanol–water partition coefficient (Wildman–Crippen LogP) is 3.61. The molecule has 1 saturated heterocycles. The van der Waals surface area contributed by atoms with Crippen molar-refractivity contribution in [2.24, 2.45) is 17.8 Å². The summed E-state index contributed by atoms with van der Waals surface area (Å²) in [6.07, 6.45) is -6.10. The SMILES string of the molecule is CCc1c(N2CCN(C(=O)OC(C)(C)C)CC2)c(=O)n2nc(Br)nc2n1CC(=O)N[C@@H]1C[C@H](C(F)(F)C(F)(F)F)C2CC21. The molecule has 43 heavy (non-hydrogen) atoms. The molecule has 4 atom stereocenters. The van der Waals surface area contributed by atoms with Crippen molar-refractivity contribution in [2.45, 2.75) is 77.2 Å². The van der Waals surface area contributed by atoms with Gasteiger partial charge >= 0.3 is 18.2 Å². The van der Waals surface area contributed by atoms with Gasteiger partial charge in [0.2, 0.25) is 16.4 Å². The smallest absolute Gasteiger partial charge is 0.444 e. The van der Waals surface area contributed by atoms with E-state index < -0.39 is 65.5 Å². The number of nitrogens with zero attached hydrogens (tertiary/aromatic N) is 6. The Balaban J connectivity index is 1.37. The van der Waals surface area contributed by atoms with Gasteiger partial charge in [0.1, 0.15) is 17.8 Å². The van der Waals surface area contributed by atoms with Crippen LogP contribution >= 0.6 is 15.9 Å². The highest BCUT2D eigenvalue weighted by atomic mass is 79.9. The fourth-order valence-corrected chi connectivity index (χ4v) is 6.63. The topological polar surface area (TPSA) is 114 Å². The van der Waals surface area contributed by atoms with Crippen LogP contribution in [-0.4, -0.2) is 86.0 Å². The average molecular weight is 682 g/mol. The number of aromatic nitrogens is 4. The van der Waals surface area contributed by atoms with E-state index in [0.29, 0.717) is 25.2 Å². The van der Waals surface area contributed by atoms with Crippen molar-refractivity contribution in [2.75, 3.05) is 31.1 Å². The Morgan fingerprint density at radius 1 is 1.05 bits per heavy atom. The fraction of sp³-hybridized carbons (Fsp3) is 0.731. The van der Waals surface area contributed by atoms with Gasteiger partial charge in [0.05, 0.1) is 5.69 Å². The third-order valence-corrected chi connectivity index (χ3v) is 8.64. The van der Waals surface area contributed by atoms with Gasteiger partial charge in [0.15, 0.2) is 0 Å². The lowest BCUT2D eigenvalue weighted by Crippen LogP contribution is -2.52. The van der Waals surface area contributed by atoms with Crippen molar-refractivity contribution >= 4 is 39.4 Å². The zero-order valence-corrected chi connectivity index (χ0v) is 25.6. The number of amides is 2.